The summed E-state index contributed by atoms with van der Waals surface area (Å²) in [7, 11) is 0. The number of aliphatic hydroxyl groups is 1. The van der Waals surface area contributed by atoms with E-state index in [9.17, 15) is 5.11 Å². The zero-order chi connectivity index (χ0) is 19.1. The predicted octanol–water partition coefficient (Wildman–Crippen LogP) is 4.85. The molecule has 144 valence electrons. The molecule has 0 aliphatic heterocycles. The maximum absolute atomic E-state index is 10.2. The van der Waals surface area contributed by atoms with Crippen molar-refractivity contribution in [3.63, 3.8) is 0 Å². The summed E-state index contributed by atoms with van der Waals surface area (Å²) in [5.74, 6) is 0. The van der Waals surface area contributed by atoms with Gasteiger partial charge in [-0.25, -0.2) is 9.97 Å². The summed E-state index contributed by atoms with van der Waals surface area (Å²) >= 11 is 4.00. The van der Waals surface area contributed by atoms with E-state index in [0.29, 0.717) is 0 Å². The number of nitrogens with one attached hydrogen (secondary N) is 1. The molecule has 2 atom stereocenters. The van der Waals surface area contributed by atoms with E-state index in [2.05, 4.69) is 73.8 Å². The Morgan fingerprint density at radius 2 is 2.11 bits per heavy atom. The minimum Gasteiger partial charge on any atom is -0.391 e. The molecule has 0 radical (unpaired) electrons. The van der Waals surface area contributed by atoms with Crippen molar-refractivity contribution in [2.45, 2.75) is 44.2 Å². The van der Waals surface area contributed by atoms with Crippen LogP contribution in [0.25, 0.3) is 15.9 Å². The van der Waals surface area contributed by atoms with Gasteiger partial charge in [0.2, 0.25) is 0 Å². The van der Waals surface area contributed by atoms with Crippen molar-refractivity contribution in [3.05, 3.63) is 57.6 Å². The Balaban J connectivity index is 1.39. The van der Waals surface area contributed by atoms with Crippen LogP contribution in [0.5, 0.6) is 0 Å². The molecule has 1 aliphatic rings. The standard InChI is InChI=1S/C21H21IN4OS/c22-14-6-8-20-23-11-15(26(20)12-14)9-13-5-7-17-19(10-13)28-21(25-17)24-16-3-1-2-4-18(16)27/h5-8,10-12,16,18,27H,1-4,9H2,(H,24,25)/t16-,18-/m1/s1. The van der Waals surface area contributed by atoms with E-state index < -0.39 is 0 Å². The van der Waals surface area contributed by atoms with Crippen LogP contribution in [0.4, 0.5) is 5.13 Å². The molecule has 0 saturated heterocycles. The summed E-state index contributed by atoms with van der Waals surface area (Å²) in [6, 6.07) is 10.7. The summed E-state index contributed by atoms with van der Waals surface area (Å²) < 4.78 is 4.53. The smallest absolute Gasteiger partial charge is 0.184 e. The molecule has 1 aliphatic carbocycles. The van der Waals surface area contributed by atoms with Crippen LogP contribution < -0.4 is 5.32 Å². The lowest BCUT2D eigenvalue weighted by Crippen LogP contribution is -2.36. The van der Waals surface area contributed by atoms with Gasteiger partial charge in [-0.1, -0.05) is 30.2 Å². The lowest BCUT2D eigenvalue weighted by atomic mass is 9.93. The van der Waals surface area contributed by atoms with Gasteiger partial charge in [-0.2, -0.15) is 0 Å². The molecule has 5 rings (SSSR count). The highest BCUT2D eigenvalue weighted by atomic mass is 127. The number of hydrogen-bond acceptors (Lipinski definition) is 5. The van der Waals surface area contributed by atoms with Gasteiger partial charge in [-0.05, 0) is 65.3 Å². The number of benzene rings is 1. The van der Waals surface area contributed by atoms with Crippen molar-refractivity contribution in [2.24, 2.45) is 0 Å². The summed E-state index contributed by atoms with van der Waals surface area (Å²) in [6.07, 6.45) is 8.82. The Morgan fingerprint density at radius 3 is 3.00 bits per heavy atom. The monoisotopic (exact) mass is 504 g/mol. The predicted molar refractivity (Wildman–Crippen MR) is 122 cm³/mol. The van der Waals surface area contributed by atoms with Crippen molar-refractivity contribution in [1.29, 1.82) is 0 Å². The average Bonchev–Trinajstić information content (AvgIpc) is 3.27. The second-order valence-electron chi connectivity index (χ2n) is 7.43. The Morgan fingerprint density at radius 1 is 1.21 bits per heavy atom. The van der Waals surface area contributed by atoms with E-state index in [1.54, 1.807) is 11.3 Å². The lowest BCUT2D eigenvalue weighted by molar-refractivity contribution is 0.116. The fourth-order valence-electron chi connectivity index (χ4n) is 3.92. The molecule has 1 saturated carbocycles. The van der Waals surface area contributed by atoms with Crippen LogP contribution in [0.1, 0.15) is 36.9 Å². The first-order chi connectivity index (χ1) is 13.7. The van der Waals surface area contributed by atoms with E-state index in [0.717, 1.165) is 42.0 Å². The first-order valence-electron chi connectivity index (χ1n) is 9.61. The molecule has 0 amide bonds. The highest BCUT2D eigenvalue weighted by Crippen LogP contribution is 2.30. The van der Waals surface area contributed by atoms with Crippen molar-refractivity contribution in [2.75, 3.05) is 5.32 Å². The zero-order valence-corrected chi connectivity index (χ0v) is 18.3. The molecule has 7 heteroatoms. The normalized spacial score (nSPS) is 20.1. The molecule has 0 unspecified atom stereocenters. The number of rotatable bonds is 4. The van der Waals surface area contributed by atoms with Crippen molar-refractivity contribution in [3.8, 4) is 0 Å². The van der Waals surface area contributed by atoms with Gasteiger partial charge >= 0.3 is 0 Å². The first-order valence-corrected chi connectivity index (χ1v) is 11.5. The minimum atomic E-state index is -0.269. The maximum Gasteiger partial charge on any atom is 0.184 e. The highest BCUT2D eigenvalue weighted by Gasteiger charge is 2.23. The topological polar surface area (TPSA) is 62.5 Å². The molecule has 4 aromatic rings. The zero-order valence-electron chi connectivity index (χ0n) is 15.3. The average molecular weight is 504 g/mol. The minimum absolute atomic E-state index is 0.120. The molecule has 1 aromatic carbocycles. The Labute approximate surface area is 181 Å². The molecule has 3 aromatic heterocycles. The van der Waals surface area contributed by atoms with Crippen LogP contribution in [0.3, 0.4) is 0 Å². The van der Waals surface area contributed by atoms with E-state index in [1.165, 1.54) is 25.9 Å². The number of thiazole rings is 1. The molecule has 1 fully saturated rings. The third-order valence-electron chi connectivity index (χ3n) is 5.42. The van der Waals surface area contributed by atoms with E-state index in [1.807, 2.05) is 6.20 Å². The van der Waals surface area contributed by atoms with Gasteiger partial charge in [0.15, 0.2) is 5.13 Å². The van der Waals surface area contributed by atoms with Gasteiger partial charge in [-0.15, -0.1) is 0 Å². The maximum atomic E-state index is 10.2. The van der Waals surface area contributed by atoms with Crippen molar-refractivity contribution < 1.29 is 5.11 Å². The van der Waals surface area contributed by atoms with Crippen LogP contribution in [0.15, 0.2) is 42.7 Å². The summed E-state index contributed by atoms with van der Waals surface area (Å²) in [5.41, 5.74) is 4.42. The SMILES string of the molecule is O[C@@H]1CCCC[C@H]1Nc1nc2ccc(Cc3cnc4ccc(I)cn34)cc2s1. The number of anilines is 1. The van der Waals surface area contributed by atoms with E-state index >= 15 is 0 Å². The van der Waals surface area contributed by atoms with Crippen LogP contribution in [-0.4, -0.2) is 31.6 Å². The Bertz CT molecular complexity index is 1140. The van der Waals surface area contributed by atoms with Gasteiger partial charge in [0, 0.05) is 28.1 Å². The molecular weight excluding hydrogens is 483 g/mol. The van der Waals surface area contributed by atoms with Crippen LogP contribution in [0, 0.1) is 3.57 Å². The first kappa shape index (κ1) is 18.3. The lowest BCUT2D eigenvalue weighted by Gasteiger charge is -2.27. The summed E-state index contributed by atoms with van der Waals surface area (Å²) in [6.45, 7) is 0. The Hall–Kier alpha value is -1.71. The van der Waals surface area contributed by atoms with Crippen molar-refractivity contribution >= 4 is 54.9 Å². The second kappa shape index (κ2) is 7.61. The molecule has 2 N–H and O–H groups in total. The van der Waals surface area contributed by atoms with Crippen LogP contribution in [-0.2, 0) is 6.42 Å². The van der Waals surface area contributed by atoms with Gasteiger partial charge < -0.3 is 14.8 Å². The van der Waals surface area contributed by atoms with Gasteiger partial charge in [-0.3, -0.25) is 0 Å². The van der Waals surface area contributed by atoms with E-state index in [4.69, 9.17) is 4.98 Å². The fourth-order valence-corrected chi connectivity index (χ4v) is 5.37. The fraction of sp³-hybridized carbons (Fsp3) is 0.333. The van der Waals surface area contributed by atoms with Crippen LogP contribution >= 0.6 is 33.9 Å². The summed E-state index contributed by atoms with van der Waals surface area (Å²) in [5, 5.41) is 14.6. The largest absolute Gasteiger partial charge is 0.391 e. The van der Waals surface area contributed by atoms with Crippen molar-refractivity contribution in [1.82, 2.24) is 14.4 Å². The number of imidazole rings is 1. The molecular formula is C21H21IN4OS. The Kier molecular flexibility index (Phi) is 4.98. The number of aliphatic hydroxyl groups excluding tert-OH is 1. The summed E-state index contributed by atoms with van der Waals surface area (Å²) in [4.78, 5) is 9.23. The highest BCUT2D eigenvalue weighted by molar-refractivity contribution is 14.1. The molecule has 5 nitrogen and oxygen atoms in total. The van der Waals surface area contributed by atoms with Crippen LogP contribution in [0.2, 0.25) is 0 Å². The van der Waals surface area contributed by atoms with Gasteiger partial charge in [0.25, 0.3) is 0 Å². The van der Waals surface area contributed by atoms with E-state index in [-0.39, 0.29) is 12.1 Å². The molecule has 0 spiro atoms. The number of fused-ring (bicyclic) bond motifs is 2. The van der Waals surface area contributed by atoms with Gasteiger partial charge in [0.1, 0.15) is 5.65 Å². The molecule has 0 bridgehead atoms. The van der Waals surface area contributed by atoms with Gasteiger partial charge in [0.05, 0.1) is 22.4 Å². The third kappa shape index (κ3) is 3.62. The number of halogens is 1. The number of pyridine rings is 1. The molecule has 3 heterocycles. The third-order valence-corrected chi connectivity index (χ3v) is 7.01. The number of aromatic nitrogens is 3. The molecule has 28 heavy (non-hydrogen) atoms. The quantitative estimate of drug-likeness (QED) is 0.390. The number of nitrogens with zero attached hydrogens (tertiary/aromatic N) is 3. The second-order valence-corrected chi connectivity index (χ2v) is 9.70. The number of hydrogen-bond donors (Lipinski definition) is 2.